The Balaban J connectivity index is 1.63. The van der Waals surface area contributed by atoms with Crippen LogP contribution in [0.2, 0.25) is 0 Å². The maximum Gasteiger partial charge on any atom is 0.338 e. The highest BCUT2D eigenvalue weighted by molar-refractivity contribution is 7.90. The molecule has 0 aliphatic heterocycles. The topological polar surface area (TPSA) is 99.4 Å². The van der Waals surface area contributed by atoms with Crippen LogP contribution in [0.5, 0.6) is 0 Å². The molecule has 1 heterocycles. The third kappa shape index (κ3) is 4.64. The summed E-state index contributed by atoms with van der Waals surface area (Å²) in [6.45, 7) is 4.05. The van der Waals surface area contributed by atoms with E-state index in [1.807, 2.05) is 24.3 Å². The first-order chi connectivity index (χ1) is 13.2. The molecule has 8 heteroatoms. The van der Waals surface area contributed by atoms with E-state index in [1.165, 1.54) is 29.8 Å². The lowest BCUT2D eigenvalue weighted by molar-refractivity contribution is 0.0429. The second-order valence-corrected chi connectivity index (χ2v) is 8.68. The van der Waals surface area contributed by atoms with Crippen LogP contribution in [-0.4, -0.2) is 30.8 Å². The SMILES string of the molecule is CC(C)c1ccc(-c2noc(COC(=O)c3ccc(S(C)(=O)=O)cc3)n2)cc1. The Kier molecular flexibility index (Phi) is 5.60. The zero-order chi connectivity index (χ0) is 20.3. The minimum atomic E-state index is -3.32. The van der Waals surface area contributed by atoms with Crippen LogP contribution in [0.3, 0.4) is 0 Å². The largest absolute Gasteiger partial charge is 0.452 e. The maximum absolute atomic E-state index is 12.1. The lowest BCUT2D eigenvalue weighted by Gasteiger charge is -2.04. The van der Waals surface area contributed by atoms with Crippen LogP contribution in [0.15, 0.2) is 57.9 Å². The van der Waals surface area contributed by atoms with Crippen molar-refractivity contribution in [3.05, 3.63) is 65.5 Å². The van der Waals surface area contributed by atoms with Gasteiger partial charge in [0.1, 0.15) is 0 Å². The summed E-state index contributed by atoms with van der Waals surface area (Å²) in [4.78, 5) is 16.5. The summed E-state index contributed by atoms with van der Waals surface area (Å²) in [6.07, 6.45) is 1.10. The number of rotatable bonds is 6. The van der Waals surface area contributed by atoms with Gasteiger partial charge < -0.3 is 9.26 Å². The molecule has 7 nitrogen and oxygen atoms in total. The first-order valence-corrected chi connectivity index (χ1v) is 10.5. The van der Waals surface area contributed by atoms with Crippen LogP contribution in [-0.2, 0) is 21.2 Å². The average Bonchev–Trinajstić information content (AvgIpc) is 3.14. The van der Waals surface area contributed by atoms with E-state index < -0.39 is 15.8 Å². The Morgan fingerprint density at radius 1 is 1.07 bits per heavy atom. The Bertz CT molecular complexity index is 1070. The van der Waals surface area contributed by atoms with Crippen molar-refractivity contribution in [2.75, 3.05) is 6.26 Å². The number of ether oxygens (including phenoxy) is 1. The third-order valence-electron chi connectivity index (χ3n) is 4.15. The molecular weight excluding hydrogens is 380 g/mol. The van der Waals surface area contributed by atoms with Gasteiger partial charge in [-0.2, -0.15) is 4.98 Å². The van der Waals surface area contributed by atoms with Crippen molar-refractivity contribution < 1.29 is 22.5 Å². The van der Waals surface area contributed by atoms with Crippen LogP contribution in [0.4, 0.5) is 0 Å². The van der Waals surface area contributed by atoms with Gasteiger partial charge in [0.2, 0.25) is 5.82 Å². The number of carbonyl (C=O) groups excluding carboxylic acids is 1. The van der Waals surface area contributed by atoms with Gasteiger partial charge in [-0.15, -0.1) is 0 Å². The Labute approximate surface area is 163 Å². The predicted octanol–water partition coefficient (Wildman–Crippen LogP) is 3.62. The van der Waals surface area contributed by atoms with Crippen molar-refractivity contribution in [2.45, 2.75) is 31.3 Å². The summed E-state index contributed by atoms with van der Waals surface area (Å²) in [5.41, 5.74) is 2.25. The molecule has 0 fully saturated rings. The van der Waals surface area contributed by atoms with Crippen LogP contribution in [0.1, 0.15) is 41.6 Å². The minimum Gasteiger partial charge on any atom is -0.452 e. The summed E-state index contributed by atoms with van der Waals surface area (Å²) < 4.78 is 33.2. The summed E-state index contributed by atoms with van der Waals surface area (Å²) in [5.74, 6) is 0.407. The van der Waals surface area contributed by atoms with E-state index in [0.717, 1.165) is 11.8 Å². The number of aromatic nitrogens is 2. The second kappa shape index (κ2) is 7.93. The highest BCUT2D eigenvalue weighted by Crippen LogP contribution is 2.21. The van der Waals surface area contributed by atoms with Crippen molar-refractivity contribution in [1.29, 1.82) is 0 Å². The first kappa shape index (κ1) is 19.8. The Morgan fingerprint density at radius 2 is 1.71 bits per heavy atom. The molecule has 0 aliphatic rings. The van der Waals surface area contributed by atoms with Crippen molar-refractivity contribution in [3.63, 3.8) is 0 Å². The number of benzene rings is 2. The first-order valence-electron chi connectivity index (χ1n) is 8.64. The quantitative estimate of drug-likeness (QED) is 0.583. The normalized spacial score (nSPS) is 11.6. The fourth-order valence-corrected chi connectivity index (χ4v) is 3.13. The van der Waals surface area contributed by atoms with E-state index in [9.17, 15) is 13.2 Å². The number of esters is 1. The van der Waals surface area contributed by atoms with Gasteiger partial charge >= 0.3 is 5.97 Å². The maximum atomic E-state index is 12.1. The van der Waals surface area contributed by atoms with Crippen molar-refractivity contribution in [1.82, 2.24) is 10.1 Å². The summed E-state index contributed by atoms with van der Waals surface area (Å²) >= 11 is 0. The number of sulfone groups is 1. The monoisotopic (exact) mass is 400 g/mol. The van der Waals surface area contributed by atoms with E-state index in [0.29, 0.717) is 11.7 Å². The summed E-state index contributed by atoms with van der Waals surface area (Å²) in [5, 5.41) is 3.91. The zero-order valence-corrected chi connectivity index (χ0v) is 16.6. The highest BCUT2D eigenvalue weighted by Gasteiger charge is 2.14. The van der Waals surface area contributed by atoms with Gasteiger partial charge in [-0.1, -0.05) is 43.3 Å². The van der Waals surface area contributed by atoms with Gasteiger partial charge in [0.25, 0.3) is 5.89 Å². The molecule has 28 heavy (non-hydrogen) atoms. The number of carbonyl (C=O) groups is 1. The molecule has 0 saturated heterocycles. The molecule has 0 N–H and O–H groups in total. The number of hydrogen-bond donors (Lipinski definition) is 0. The summed E-state index contributed by atoms with van der Waals surface area (Å²) in [7, 11) is -3.32. The van der Waals surface area contributed by atoms with E-state index in [1.54, 1.807) is 0 Å². The molecule has 0 radical (unpaired) electrons. The molecule has 0 amide bonds. The van der Waals surface area contributed by atoms with Crippen LogP contribution < -0.4 is 0 Å². The molecule has 0 aliphatic carbocycles. The predicted molar refractivity (Wildman–Crippen MR) is 102 cm³/mol. The molecule has 146 valence electrons. The molecule has 2 aromatic carbocycles. The van der Waals surface area contributed by atoms with Crippen LogP contribution >= 0.6 is 0 Å². The van der Waals surface area contributed by atoms with E-state index in [4.69, 9.17) is 9.26 Å². The minimum absolute atomic E-state index is 0.133. The summed E-state index contributed by atoms with van der Waals surface area (Å²) in [6, 6.07) is 13.4. The van der Waals surface area contributed by atoms with Gasteiger partial charge in [-0.3, -0.25) is 0 Å². The molecule has 1 aromatic heterocycles. The fourth-order valence-electron chi connectivity index (χ4n) is 2.50. The molecule has 0 spiro atoms. The van der Waals surface area contributed by atoms with Gasteiger partial charge in [-0.25, -0.2) is 13.2 Å². The second-order valence-electron chi connectivity index (χ2n) is 6.66. The Morgan fingerprint density at radius 3 is 2.29 bits per heavy atom. The van der Waals surface area contributed by atoms with Gasteiger partial charge in [0.15, 0.2) is 16.4 Å². The van der Waals surface area contributed by atoms with Crippen LogP contribution in [0, 0.1) is 0 Å². The number of nitrogens with zero attached hydrogens (tertiary/aromatic N) is 2. The zero-order valence-electron chi connectivity index (χ0n) is 15.7. The van der Waals surface area contributed by atoms with Crippen molar-refractivity contribution in [3.8, 4) is 11.4 Å². The van der Waals surface area contributed by atoms with Crippen molar-refractivity contribution >= 4 is 15.8 Å². The molecule has 3 aromatic rings. The van der Waals surface area contributed by atoms with E-state index >= 15 is 0 Å². The van der Waals surface area contributed by atoms with Gasteiger partial charge in [-0.05, 0) is 35.7 Å². The standard InChI is InChI=1S/C20H20N2O5S/c1-13(2)14-4-6-15(7-5-14)19-21-18(27-22-19)12-26-20(23)16-8-10-17(11-9-16)28(3,24)25/h4-11,13H,12H2,1-3H3. The highest BCUT2D eigenvalue weighted by atomic mass is 32.2. The molecular formula is C20H20N2O5S. The molecule has 0 atom stereocenters. The van der Waals surface area contributed by atoms with E-state index in [-0.39, 0.29) is 23.0 Å². The average molecular weight is 400 g/mol. The lowest BCUT2D eigenvalue weighted by Crippen LogP contribution is -2.06. The molecule has 0 saturated carbocycles. The molecule has 3 rings (SSSR count). The van der Waals surface area contributed by atoms with Gasteiger partial charge in [0, 0.05) is 11.8 Å². The molecule has 0 bridgehead atoms. The van der Waals surface area contributed by atoms with Crippen molar-refractivity contribution in [2.24, 2.45) is 0 Å². The van der Waals surface area contributed by atoms with Gasteiger partial charge in [0.05, 0.1) is 10.5 Å². The van der Waals surface area contributed by atoms with Crippen LogP contribution in [0.25, 0.3) is 11.4 Å². The third-order valence-corrected chi connectivity index (χ3v) is 5.28. The smallest absolute Gasteiger partial charge is 0.338 e. The lowest BCUT2D eigenvalue weighted by atomic mass is 10.0. The fraction of sp³-hybridized carbons (Fsp3) is 0.250. The molecule has 0 unspecified atom stereocenters. The van der Waals surface area contributed by atoms with E-state index in [2.05, 4.69) is 24.0 Å². The number of hydrogen-bond acceptors (Lipinski definition) is 7. The Hall–Kier alpha value is -3.00.